The molecule has 122 valence electrons. The zero-order valence-electron chi connectivity index (χ0n) is 13.9. The molecule has 0 spiro atoms. The van der Waals surface area contributed by atoms with E-state index in [2.05, 4.69) is 4.90 Å². The van der Waals surface area contributed by atoms with Gasteiger partial charge in [-0.3, -0.25) is 9.69 Å². The van der Waals surface area contributed by atoms with Crippen molar-refractivity contribution in [2.45, 2.75) is 27.3 Å². The topological polar surface area (TPSA) is 32.8 Å². The van der Waals surface area contributed by atoms with Crippen molar-refractivity contribution in [3.05, 3.63) is 29.6 Å². The summed E-state index contributed by atoms with van der Waals surface area (Å²) in [5, 5.41) is 0. The first-order valence-corrected chi connectivity index (χ1v) is 7.65. The predicted octanol–water partition coefficient (Wildman–Crippen LogP) is 2.52. The number of carbonyl (C=O) groups excluding carboxylic acids is 1. The van der Waals surface area contributed by atoms with Gasteiger partial charge in [0, 0.05) is 38.1 Å². The van der Waals surface area contributed by atoms with Gasteiger partial charge in [0.05, 0.1) is 7.11 Å². The molecule has 1 amide bonds. The summed E-state index contributed by atoms with van der Waals surface area (Å²) in [6.45, 7) is 9.62. The lowest BCUT2D eigenvalue weighted by atomic mass is 9.94. The minimum absolute atomic E-state index is 0.197. The summed E-state index contributed by atoms with van der Waals surface area (Å²) in [6.07, 6.45) is 0. The van der Waals surface area contributed by atoms with E-state index >= 15 is 0 Å². The zero-order valence-corrected chi connectivity index (χ0v) is 13.9. The van der Waals surface area contributed by atoms with Crippen LogP contribution in [0, 0.1) is 11.2 Å². The molecule has 0 aliphatic carbocycles. The van der Waals surface area contributed by atoms with Crippen LogP contribution in [0.15, 0.2) is 18.2 Å². The molecule has 1 heterocycles. The monoisotopic (exact) mass is 308 g/mol. The van der Waals surface area contributed by atoms with E-state index in [0.29, 0.717) is 6.54 Å². The van der Waals surface area contributed by atoms with Gasteiger partial charge in [-0.25, -0.2) is 4.39 Å². The maximum atomic E-state index is 13.7. The number of ether oxygens (including phenoxy) is 1. The Morgan fingerprint density at radius 3 is 2.36 bits per heavy atom. The van der Waals surface area contributed by atoms with E-state index < -0.39 is 0 Å². The van der Waals surface area contributed by atoms with Gasteiger partial charge in [0.25, 0.3) is 0 Å². The summed E-state index contributed by atoms with van der Waals surface area (Å²) in [5.74, 6) is 0.133. The van der Waals surface area contributed by atoms with E-state index in [-0.39, 0.29) is 22.9 Å². The normalized spacial score (nSPS) is 16.7. The smallest absolute Gasteiger partial charge is 0.228 e. The van der Waals surface area contributed by atoms with Crippen LogP contribution in [0.2, 0.25) is 0 Å². The molecule has 1 aliphatic heterocycles. The molecular weight excluding hydrogens is 283 g/mol. The van der Waals surface area contributed by atoms with Crippen LogP contribution in [-0.2, 0) is 11.3 Å². The van der Waals surface area contributed by atoms with Gasteiger partial charge in [-0.1, -0.05) is 26.8 Å². The molecule has 0 atom stereocenters. The molecule has 0 aromatic heterocycles. The SMILES string of the molecule is COc1ccc(CN2CCN(C(=O)C(C)(C)C)CC2)cc1F. The van der Waals surface area contributed by atoms with Gasteiger partial charge in [0.15, 0.2) is 11.6 Å². The van der Waals surface area contributed by atoms with Crippen LogP contribution >= 0.6 is 0 Å². The highest BCUT2D eigenvalue weighted by Crippen LogP contribution is 2.21. The van der Waals surface area contributed by atoms with Gasteiger partial charge in [-0.2, -0.15) is 0 Å². The maximum absolute atomic E-state index is 13.7. The predicted molar refractivity (Wildman–Crippen MR) is 84.3 cm³/mol. The van der Waals surface area contributed by atoms with Crippen molar-refractivity contribution in [2.24, 2.45) is 5.41 Å². The largest absolute Gasteiger partial charge is 0.494 e. The molecule has 0 N–H and O–H groups in total. The van der Waals surface area contributed by atoms with Gasteiger partial charge in [-0.15, -0.1) is 0 Å². The molecule has 0 radical (unpaired) electrons. The summed E-state index contributed by atoms with van der Waals surface area (Å²) < 4.78 is 18.6. The van der Waals surface area contributed by atoms with Gasteiger partial charge in [0.1, 0.15) is 0 Å². The highest BCUT2D eigenvalue weighted by molar-refractivity contribution is 5.81. The fourth-order valence-corrected chi connectivity index (χ4v) is 2.65. The molecule has 1 saturated heterocycles. The lowest BCUT2D eigenvalue weighted by Crippen LogP contribution is -2.51. The molecular formula is C17H25FN2O2. The Hall–Kier alpha value is -1.62. The number of carbonyl (C=O) groups is 1. The van der Waals surface area contributed by atoms with Gasteiger partial charge in [0.2, 0.25) is 5.91 Å². The van der Waals surface area contributed by atoms with E-state index in [1.165, 1.54) is 13.2 Å². The molecule has 1 aromatic rings. The third-order valence-electron chi connectivity index (χ3n) is 3.92. The Morgan fingerprint density at radius 2 is 1.86 bits per heavy atom. The molecule has 2 rings (SSSR count). The molecule has 1 aliphatic rings. The van der Waals surface area contributed by atoms with Crippen LogP contribution in [0.4, 0.5) is 4.39 Å². The molecule has 5 heteroatoms. The van der Waals surface area contributed by atoms with E-state index in [1.54, 1.807) is 6.07 Å². The third kappa shape index (κ3) is 3.97. The van der Waals surface area contributed by atoms with Crippen molar-refractivity contribution in [1.29, 1.82) is 0 Å². The number of methoxy groups -OCH3 is 1. The number of hydrogen-bond acceptors (Lipinski definition) is 3. The van der Waals surface area contributed by atoms with E-state index in [1.807, 2.05) is 31.7 Å². The van der Waals surface area contributed by atoms with Crippen molar-refractivity contribution >= 4 is 5.91 Å². The molecule has 0 unspecified atom stereocenters. The average molecular weight is 308 g/mol. The Kier molecular flexibility index (Phi) is 5.06. The van der Waals surface area contributed by atoms with Crippen LogP contribution in [-0.4, -0.2) is 49.0 Å². The first-order valence-electron chi connectivity index (χ1n) is 7.65. The van der Waals surface area contributed by atoms with Crippen molar-refractivity contribution in [3.63, 3.8) is 0 Å². The Balaban J connectivity index is 1.90. The summed E-state index contributed by atoms with van der Waals surface area (Å²) in [4.78, 5) is 16.4. The molecule has 4 nitrogen and oxygen atoms in total. The fourth-order valence-electron chi connectivity index (χ4n) is 2.65. The number of benzene rings is 1. The second kappa shape index (κ2) is 6.65. The number of hydrogen-bond donors (Lipinski definition) is 0. The van der Waals surface area contributed by atoms with Crippen molar-refractivity contribution in [2.75, 3.05) is 33.3 Å². The first kappa shape index (κ1) is 16.7. The summed E-state index contributed by atoms with van der Waals surface area (Å²) in [5.41, 5.74) is 0.593. The minimum atomic E-state index is -0.332. The fraction of sp³-hybridized carbons (Fsp3) is 0.588. The van der Waals surface area contributed by atoms with E-state index in [4.69, 9.17) is 4.74 Å². The molecule has 22 heavy (non-hydrogen) atoms. The Bertz CT molecular complexity index is 532. The number of halogens is 1. The van der Waals surface area contributed by atoms with Crippen LogP contribution in [0.25, 0.3) is 0 Å². The van der Waals surface area contributed by atoms with Crippen molar-refractivity contribution in [3.8, 4) is 5.75 Å². The lowest BCUT2D eigenvalue weighted by Gasteiger charge is -2.37. The third-order valence-corrected chi connectivity index (χ3v) is 3.92. The molecule has 1 aromatic carbocycles. The van der Waals surface area contributed by atoms with E-state index in [9.17, 15) is 9.18 Å². The molecule has 0 bridgehead atoms. The van der Waals surface area contributed by atoms with Crippen molar-refractivity contribution in [1.82, 2.24) is 9.80 Å². The van der Waals surface area contributed by atoms with Crippen LogP contribution in [0.1, 0.15) is 26.3 Å². The standard InChI is InChI=1S/C17H25FN2O2/c1-17(2,3)16(21)20-9-7-19(8-10-20)12-13-5-6-15(22-4)14(18)11-13/h5-6,11H,7-10,12H2,1-4H3. The maximum Gasteiger partial charge on any atom is 0.228 e. The van der Waals surface area contributed by atoms with E-state index in [0.717, 1.165) is 31.7 Å². The highest BCUT2D eigenvalue weighted by atomic mass is 19.1. The molecule has 0 saturated carbocycles. The van der Waals surface area contributed by atoms with Gasteiger partial charge < -0.3 is 9.64 Å². The second-order valence-corrected chi connectivity index (χ2v) is 6.79. The number of rotatable bonds is 3. The average Bonchev–Trinajstić information content (AvgIpc) is 2.46. The molecule has 1 fully saturated rings. The summed E-state index contributed by atoms with van der Waals surface area (Å²) in [7, 11) is 1.46. The number of amides is 1. The van der Waals surface area contributed by atoms with Gasteiger partial charge in [-0.05, 0) is 17.7 Å². The van der Waals surface area contributed by atoms with Crippen LogP contribution in [0.5, 0.6) is 5.75 Å². The van der Waals surface area contributed by atoms with Crippen LogP contribution in [0.3, 0.4) is 0 Å². The zero-order chi connectivity index (χ0) is 16.3. The van der Waals surface area contributed by atoms with Gasteiger partial charge >= 0.3 is 0 Å². The second-order valence-electron chi connectivity index (χ2n) is 6.79. The highest BCUT2D eigenvalue weighted by Gasteiger charge is 2.29. The lowest BCUT2D eigenvalue weighted by molar-refractivity contribution is -0.141. The Labute approximate surface area is 131 Å². The quantitative estimate of drug-likeness (QED) is 0.860. The number of piperazine rings is 1. The first-order chi connectivity index (χ1) is 10.3. The van der Waals surface area contributed by atoms with Crippen LogP contribution < -0.4 is 4.74 Å². The summed E-state index contributed by atoms with van der Waals surface area (Å²) in [6, 6.07) is 5.06. The Morgan fingerprint density at radius 1 is 1.23 bits per heavy atom. The minimum Gasteiger partial charge on any atom is -0.494 e. The van der Waals surface area contributed by atoms with Crippen molar-refractivity contribution < 1.29 is 13.9 Å². The number of nitrogens with zero attached hydrogens (tertiary/aromatic N) is 2. The summed E-state index contributed by atoms with van der Waals surface area (Å²) >= 11 is 0.